The predicted octanol–water partition coefficient (Wildman–Crippen LogP) is 14.7. The standard InChI is InChI=1S/C36H55N3O4.C35H55N3O4.C35H53N3O4/c1-6-30(41)38-18-31(42)37-13-14-39-19-22(2)15-29-32(39)23(3)36(43-29)12-10-27-26-8-7-24-16-25(40)9-11-34(24,5)28(26)17-35(27)20-33(35,4)21-36;2*1-6-31(40)37-19-32(41)36-13-14-38-20-21(2)15-30-33(38)23(4)35(42-30)12-10-26-27-8-7-24-16-25(39)9-11-34(24,5)29(27)17-28(26)22(3)18-35/h16,22-23,26-29,32H,6-15,17-21H2,1-5H3,(H,37,42)(H,38,41);7,21,23,25-27,29-30,33,39H,6,8-20H2,1-5H3,(H,36,41)(H,37,40);16,21,23,26-27,29-30,33H,6-15,17-20H2,1-5H3,(H,36,41)(H,37,40)/t22-,23+,26-,27-,28-,29+,32-,33?,34-,35?,36-;21-,23+,25-,26-,27-,29-,30+,33-,34-,35-;21-,23+,26-,27-,29-,30+,33-,34-,35-/m000/s1. The Morgan fingerprint density at radius 2 is 0.850 bits per heavy atom. The first-order chi connectivity index (χ1) is 60.5. The van der Waals surface area contributed by atoms with Gasteiger partial charge in [-0.05, 0) is 291 Å². The van der Waals surface area contributed by atoms with Gasteiger partial charge in [0.15, 0.2) is 11.6 Å². The monoisotopic (exact) mass is 1750 g/mol. The molecule has 6 saturated heterocycles. The third-order valence-corrected chi connectivity index (χ3v) is 39.8. The third kappa shape index (κ3) is 17.2. The molecule has 704 valence electrons. The van der Waals surface area contributed by atoms with Gasteiger partial charge in [-0.1, -0.05) is 135 Å². The minimum absolute atomic E-state index is 0.0452. The Balaban J connectivity index is 0.000000134. The topological polar surface area (TPSA) is 266 Å². The van der Waals surface area contributed by atoms with Crippen LogP contribution >= 0.6 is 0 Å². The summed E-state index contributed by atoms with van der Waals surface area (Å²) in [6.45, 7) is 42.2. The van der Waals surface area contributed by atoms with Crippen LogP contribution in [-0.4, -0.2) is 205 Å². The number of carbonyl (C=O) groups excluding carboxylic acids is 8. The maximum Gasteiger partial charge on any atom is 0.239 e. The van der Waals surface area contributed by atoms with Crippen molar-refractivity contribution in [2.75, 3.05) is 78.5 Å². The summed E-state index contributed by atoms with van der Waals surface area (Å²) < 4.78 is 21.8. The molecule has 0 radical (unpaired) electrons. The molecule has 0 aromatic carbocycles. The quantitative estimate of drug-likeness (QED) is 0.0629. The number of nitrogens with one attached hydrogen (secondary N) is 6. The number of allylic oxidation sites excluding steroid dienone is 7. The van der Waals surface area contributed by atoms with E-state index in [1.54, 1.807) is 48.6 Å². The molecule has 6 amide bonds. The summed E-state index contributed by atoms with van der Waals surface area (Å²) in [6.07, 6.45) is 39.8. The van der Waals surface area contributed by atoms with Gasteiger partial charge in [-0.25, -0.2) is 0 Å². The van der Waals surface area contributed by atoms with Crippen LogP contribution < -0.4 is 31.9 Å². The van der Waals surface area contributed by atoms with Crippen molar-refractivity contribution in [3.63, 3.8) is 0 Å². The lowest BCUT2D eigenvalue weighted by Gasteiger charge is -2.49. The molecule has 4 spiro atoms. The Bertz CT molecular complexity index is 4380. The van der Waals surface area contributed by atoms with Crippen molar-refractivity contribution in [3.8, 4) is 0 Å². The number of ketones is 2. The second-order valence-electron chi connectivity index (χ2n) is 46.8. The van der Waals surface area contributed by atoms with Gasteiger partial charge in [0.1, 0.15) is 0 Å². The number of rotatable bonds is 18. The van der Waals surface area contributed by atoms with Gasteiger partial charge in [-0.3, -0.25) is 53.1 Å². The lowest BCUT2D eigenvalue weighted by atomic mass is 9.56. The van der Waals surface area contributed by atoms with E-state index in [1.165, 1.54) is 88.2 Å². The third-order valence-electron chi connectivity index (χ3n) is 39.8. The maximum absolute atomic E-state index is 12.3. The highest BCUT2D eigenvalue weighted by Gasteiger charge is 2.78. The number of carbonyl (C=O) groups is 8. The summed E-state index contributed by atoms with van der Waals surface area (Å²) in [4.78, 5) is 104. The zero-order valence-electron chi connectivity index (χ0n) is 80.6. The summed E-state index contributed by atoms with van der Waals surface area (Å²) in [5, 5.41) is 27.5. The number of fused-ring (bicyclic) bond motifs is 17. The Hall–Kier alpha value is -5.42. The molecule has 2 unspecified atom stereocenters. The zero-order valence-corrected chi connectivity index (χ0v) is 80.6. The van der Waals surface area contributed by atoms with Crippen molar-refractivity contribution in [2.24, 2.45) is 116 Å². The van der Waals surface area contributed by atoms with E-state index in [4.69, 9.17) is 14.2 Å². The van der Waals surface area contributed by atoms with E-state index in [9.17, 15) is 43.5 Å². The maximum atomic E-state index is 12.3. The van der Waals surface area contributed by atoms with Crippen LogP contribution in [0.5, 0.6) is 0 Å². The first kappa shape index (κ1) is 93.4. The molecule has 0 aromatic heterocycles. The molecule has 19 rings (SSSR count). The zero-order chi connectivity index (χ0) is 90.0. The number of aliphatic hydroxyl groups is 1. The molecule has 14 fully saturated rings. The van der Waals surface area contributed by atoms with Gasteiger partial charge in [0.25, 0.3) is 0 Å². The van der Waals surface area contributed by atoms with Crippen molar-refractivity contribution in [3.05, 3.63) is 57.2 Å². The second-order valence-corrected chi connectivity index (χ2v) is 46.8. The molecular weight excluding hydrogens is 1590 g/mol. The van der Waals surface area contributed by atoms with E-state index < -0.39 is 0 Å². The Labute approximate surface area is 761 Å². The fraction of sp³-hybridized carbons (Fsp3) is 0.830. The molecule has 0 aromatic rings. The van der Waals surface area contributed by atoms with Crippen LogP contribution in [0.2, 0.25) is 0 Å². The highest BCUT2D eigenvalue weighted by atomic mass is 16.5. The van der Waals surface area contributed by atoms with E-state index >= 15 is 0 Å². The predicted molar refractivity (Wildman–Crippen MR) is 494 cm³/mol. The number of aliphatic hydroxyl groups excluding tert-OH is 1. The average Bonchev–Trinajstić information content (AvgIpc) is 1.48. The first-order valence-corrected chi connectivity index (χ1v) is 51.6. The lowest BCUT2D eigenvalue weighted by molar-refractivity contribution is -0.126. The van der Waals surface area contributed by atoms with Crippen molar-refractivity contribution >= 4 is 47.0 Å². The molecule has 19 aliphatic rings. The normalized spacial score (nSPS) is 44.3. The molecule has 0 bridgehead atoms. The van der Waals surface area contributed by atoms with Crippen LogP contribution in [0.1, 0.15) is 303 Å². The van der Waals surface area contributed by atoms with Crippen LogP contribution in [0.25, 0.3) is 0 Å². The van der Waals surface area contributed by atoms with Gasteiger partial charge in [-0.15, -0.1) is 0 Å². The molecule has 6 heterocycles. The van der Waals surface area contributed by atoms with E-state index in [2.05, 4.69) is 136 Å². The van der Waals surface area contributed by atoms with Crippen LogP contribution in [0.4, 0.5) is 0 Å². The SMILES string of the molecule is CCC(=O)NCC(=O)NCCN1C[C@@H](C)C[C@H]2O[C@]3(CC[C@@H]4C(=C(C)C3)C[C@H]3[C@H]4CC=C4C[C@@H](O)CC[C@@]43C)[C@H](C)[C@@H]21.CCC(=O)NCC(=O)NCCN1C[C@@H](C)C[C@H]2O[C@]3(CC[C@@H]4C(=C(C)C3)C[C@H]3[C@H]4CCC4=CC(=O)CC[C@@]43C)[C@H](C)[C@@H]21.CCC(=O)NCC(=O)NCCN1C[C@@H](C)C[C@H]2O[C@]3(CC[C@H]4[C@@H]5CCC6=CC(=O)CC[C@]6(C)[C@H]5CC45CC5(C)C3)[C@H](C)[C@@H]21. The largest absolute Gasteiger partial charge is 0.393 e. The number of amides is 6. The number of hydrogen-bond donors (Lipinski definition) is 7. The van der Waals surface area contributed by atoms with Gasteiger partial charge in [0.2, 0.25) is 35.4 Å². The van der Waals surface area contributed by atoms with Gasteiger partial charge < -0.3 is 51.2 Å². The van der Waals surface area contributed by atoms with Crippen molar-refractivity contribution in [1.82, 2.24) is 46.6 Å². The van der Waals surface area contributed by atoms with E-state index in [1.807, 2.05) is 12.2 Å². The Morgan fingerprint density at radius 1 is 0.441 bits per heavy atom. The fourth-order valence-corrected chi connectivity index (χ4v) is 33.3. The summed E-state index contributed by atoms with van der Waals surface area (Å²) >= 11 is 0. The smallest absolute Gasteiger partial charge is 0.239 e. The van der Waals surface area contributed by atoms with E-state index in [-0.39, 0.29) is 113 Å². The van der Waals surface area contributed by atoms with Crippen molar-refractivity contribution in [2.45, 2.75) is 362 Å². The highest BCUT2D eigenvalue weighted by Crippen LogP contribution is 2.84. The first-order valence-electron chi connectivity index (χ1n) is 51.6. The summed E-state index contributed by atoms with van der Waals surface area (Å²) in [7, 11) is 0. The molecular formula is C106H163N9O12. The Kier molecular flexibility index (Phi) is 26.8. The number of ether oxygens (including phenoxy) is 3. The lowest BCUT2D eigenvalue weighted by Crippen LogP contribution is -2.54. The molecule has 8 saturated carbocycles. The second kappa shape index (κ2) is 36.4. The summed E-state index contributed by atoms with van der Waals surface area (Å²) in [5.74, 6) is 9.65. The van der Waals surface area contributed by atoms with Crippen LogP contribution in [0.15, 0.2) is 57.2 Å². The van der Waals surface area contributed by atoms with Crippen molar-refractivity contribution in [1.29, 1.82) is 0 Å². The van der Waals surface area contributed by atoms with Gasteiger partial charge in [0, 0.05) is 127 Å². The summed E-state index contributed by atoms with van der Waals surface area (Å²) in [5.41, 5.74) is 12.4. The molecule has 7 N–H and O–H groups in total. The molecule has 21 heteroatoms. The number of hydrogen-bond acceptors (Lipinski definition) is 15. The molecule has 6 aliphatic heterocycles. The fourth-order valence-electron chi connectivity index (χ4n) is 33.3. The molecule has 13 aliphatic carbocycles. The summed E-state index contributed by atoms with van der Waals surface area (Å²) in [6, 6.07) is 1.16. The average molecular weight is 1760 g/mol. The van der Waals surface area contributed by atoms with Gasteiger partial charge >= 0.3 is 0 Å². The van der Waals surface area contributed by atoms with Gasteiger partial charge in [-0.2, -0.15) is 0 Å². The number of likely N-dealkylation sites (tertiary alicyclic amines) is 3. The minimum Gasteiger partial charge on any atom is -0.393 e. The minimum atomic E-state index is -0.148. The number of nitrogens with zero attached hydrogens (tertiary/aromatic N) is 3. The highest BCUT2D eigenvalue weighted by molar-refractivity contribution is 5.92. The number of piperidine rings is 3. The van der Waals surface area contributed by atoms with Crippen LogP contribution in [-0.2, 0) is 52.6 Å². The molecule has 127 heavy (non-hydrogen) atoms. The van der Waals surface area contributed by atoms with E-state index in [0.717, 1.165) is 178 Å². The Morgan fingerprint density at radius 3 is 1.31 bits per heavy atom. The van der Waals surface area contributed by atoms with Crippen LogP contribution in [0.3, 0.4) is 0 Å². The van der Waals surface area contributed by atoms with Gasteiger partial charge in [0.05, 0.1) is 60.9 Å². The molecule has 21 nitrogen and oxygen atoms in total. The van der Waals surface area contributed by atoms with E-state index in [0.29, 0.717) is 133 Å². The van der Waals surface area contributed by atoms with Crippen LogP contribution in [0, 0.1) is 116 Å². The molecule has 30 atom stereocenters. The van der Waals surface area contributed by atoms with Crippen molar-refractivity contribution < 1.29 is 57.7 Å².